The largest absolute Gasteiger partial charge is 0.351 e. The third-order valence-corrected chi connectivity index (χ3v) is 1.78. The van der Waals surface area contributed by atoms with Gasteiger partial charge in [-0.3, -0.25) is 10.0 Å². The predicted octanol–water partition coefficient (Wildman–Crippen LogP) is 0.151. The van der Waals surface area contributed by atoms with Crippen molar-refractivity contribution in [1.82, 2.24) is 10.3 Å². The molecular formula is C7H10N4. The van der Waals surface area contributed by atoms with Gasteiger partial charge in [-0.25, -0.2) is 0 Å². The smallest absolute Gasteiger partial charge is 0.128 e. The van der Waals surface area contributed by atoms with Crippen LogP contribution in [0.5, 0.6) is 0 Å². The van der Waals surface area contributed by atoms with Crippen LogP contribution in [-0.2, 0) is 0 Å². The number of allylic oxidation sites excluding steroid dienone is 1. The highest BCUT2D eigenvalue weighted by Gasteiger charge is 2.14. The summed E-state index contributed by atoms with van der Waals surface area (Å²) in [5, 5.41) is 9.14. The summed E-state index contributed by atoms with van der Waals surface area (Å²) in [5.41, 5.74) is 1.22. The number of hydrogen-bond donors (Lipinski definition) is 1. The lowest BCUT2D eigenvalue weighted by Crippen LogP contribution is -2.32. The Morgan fingerprint density at radius 2 is 2.55 bits per heavy atom. The van der Waals surface area contributed by atoms with Crippen molar-refractivity contribution in [3.8, 4) is 0 Å². The molecule has 2 aliphatic heterocycles. The quantitative estimate of drug-likeness (QED) is 0.534. The highest BCUT2D eigenvalue weighted by Crippen LogP contribution is 2.14. The second-order valence-corrected chi connectivity index (χ2v) is 2.55. The minimum Gasteiger partial charge on any atom is -0.351 e. The SMILES string of the molecule is CN1N=CCC2=C1NCN=C2. The molecule has 4 nitrogen and oxygen atoms in total. The van der Waals surface area contributed by atoms with Gasteiger partial charge in [0, 0.05) is 31.5 Å². The molecule has 0 unspecified atom stereocenters. The Bertz CT molecular complexity index is 251. The van der Waals surface area contributed by atoms with Gasteiger partial charge in [-0.2, -0.15) is 5.10 Å². The van der Waals surface area contributed by atoms with Crippen LogP contribution in [0.4, 0.5) is 0 Å². The maximum absolute atomic E-state index is 4.14. The van der Waals surface area contributed by atoms with Crippen molar-refractivity contribution in [2.45, 2.75) is 6.42 Å². The normalized spacial score (nSPS) is 21.7. The Kier molecular flexibility index (Phi) is 1.38. The first-order valence-electron chi connectivity index (χ1n) is 3.61. The standard InChI is InChI=1S/C7H10N4/c1-11-7-6(2-3-10-11)4-8-5-9-7/h3-4,9H,2,5H2,1H3. The number of nitrogens with one attached hydrogen (secondary N) is 1. The Hall–Kier alpha value is -1.32. The van der Waals surface area contributed by atoms with E-state index < -0.39 is 0 Å². The van der Waals surface area contributed by atoms with Crippen molar-refractivity contribution in [2.75, 3.05) is 13.7 Å². The van der Waals surface area contributed by atoms with Crippen LogP contribution in [0, 0.1) is 0 Å². The molecule has 0 spiro atoms. The van der Waals surface area contributed by atoms with Crippen LogP contribution < -0.4 is 5.32 Å². The molecule has 0 bridgehead atoms. The average Bonchev–Trinajstić information content (AvgIpc) is 2.06. The number of aliphatic imine (C=N–C) groups is 1. The number of hydrogen-bond acceptors (Lipinski definition) is 4. The van der Waals surface area contributed by atoms with Crippen LogP contribution in [0.25, 0.3) is 0 Å². The summed E-state index contributed by atoms with van der Waals surface area (Å²) in [5.74, 6) is 1.09. The summed E-state index contributed by atoms with van der Waals surface area (Å²) in [6.45, 7) is 0.665. The topological polar surface area (TPSA) is 40.0 Å². The van der Waals surface area contributed by atoms with Crippen LogP contribution >= 0.6 is 0 Å². The number of nitrogens with zero attached hydrogens (tertiary/aromatic N) is 3. The monoisotopic (exact) mass is 150 g/mol. The maximum Gasteiger partial charge on any atom is 0.128 e. The van der Waals surface area contributed by atoms with Gasteiger partial charge in [0.1, 0.15) is 12.5 Å². The molecular weight excluding hydrogens is 140 g/mol. The summed E-state index contributed by atoms with van der Waals surface area (Å²) < 4.78 is 0. The molecule has 2 heterocycles. The lowest BCUT2D eigenvalue weighted by Gasteiger charge is -2.25. The summed E-state index contributed by atoms with van der Waals surface area (Å²) in [6.07, 6.45) is 4.68. The van der Waals surface area contributed by atoms with Gasteiger partial charge in [0.15, 0.2) is 0 Å². The van der Waals surface area contributed by atoms with Crippen LogP contribution in [0.2, 0.25) is 0 Å². The van der Waals surface area contributed by atoms with Gasteiger partial charge in [-0.1, -0.05) is 0 Å². The lowest BCUT2D eigenvalue weighted by atomic mass is 10.2. The molecule has 0 saturated heterocycles. The van der Waals surface area contributed by atoms with Crippen LogP contribution in [0.3, 0.4) is 0 Å². The molecule has 0 amide bonds. The van der Waals surface area contributed by atoms with E-state index in [4.69, 9.17) is 0 Å². The molecule has 0 fully saturated rings. The number of hydrazone groups is 1. The maximum atomic E-state index is 4.14. The average molecular weight is 150 g/mol. The summed E-state index contributed by atoms with van der Waals surface area (Å²) in [6, 6.07) is 0. The first kappa shape index (κ1) is 6.39. The van der Waals surface area contributed by atoms with E-state index in [-0.39, 0.29) is 0 Å². The second-order valence-electron chi connectivity index (χ2n) is 2.55. The highest BCUT2D eigenvalue weighted by molar-refractivity contribution is 5.86. The Morgan fingerprint density at radius 3 is 3.36 bits per heavy atom. The van der Waals surface area contributed by atoms with Gasteiger partial charge in [-0.05, 0) is 0 Å². The molecule has 4 heteroatoms. The van der Waals surface area contributed by atoms with Gasteiger partial charge in [-0.15, -0.1) is 0 Å². The summed E-state index contributed by atoms with van der Waals surface area (Å²) >= 11 is 0. The van der Waals surface area contributed by atoms with Crippen molar-refractivity contribution in [3.63, 3.8) is 0 Å². The van der Waals surface area contributed by atoms with Crippen molar-refractivity contribution in [3.05, 3.63) is 11.4 Å². The molecule has 0 atom stereocenters. The molecule has 1 N–H and O–H groups in total. The second kappa shape index (κ2) is 2.38. The third kappa shape index (κ3) is 1.00. The molecule has 0 saturated carbocycles. The van der Waals surface area contributed by atoms with E-state index in [2.05, 4.69) is 15.4 Å². The fraction of sp³-hybridized carbons (Fsp3) is 0.429. The van der Waals surface area contributed by atoms with Crippen molar-refractivity contribution in [2.24, 2.45) is 10.1 Å². The van der Waals surface area contributed by atoms with Gasteiger partial charge < -0.3 is 5.32 Å². The molecule has 0 aromatic rings. The lowest BCUT2D eigenvalue weighted by molar-refractivity contribution is 0.396. The zero-order valence-electron chi connectivity index (χ0n) is 6.41. The van der Waals surface area contributed by atoms with E-state index in [1.165, 1.54) is 5.57 Å². The van der Waals surface area contributed by atoms with E-state index >= 15 is 0 Å². The summed E-state index contributed by atoms with van der Waals surface area (Å²) in [7, 11) is 1.93. The molecule has 0 aromatic heterocycles. The van der Waals surface area contributed by atoms with Crippen LogP contribution in [-0.4, -0.2) is 31.2 Å². The van der Waals surface area contributed by atoms with Crippen molar-refractivity contribution in [1.29, 1.82) is 0 Å². The molecule has 11 heavy (non-hydrogen) atoms. The zero-order valence-corrected chi connectivity index (χ0v) is 6.41. The molecule has 0 radical (unpaired) electrons. The van der Waals surface area contributed by atoms with E-state index in [9.17, 15) is 0 Å². The van der Waals surface area contributed by atoms with Crippen molar-refractivity contribution >= 4 is 12.4 Å². The minimum atomic E-state index is 0.665. The van der Waals surface area contributed by atoms with Crippen LogP contribution in [0.1, 0.15) is 6.42 Å². The van der Waals surface area contributed by atoms with Crippen LogP contribution in [0.15, 0.2) is 21.5 Å². The van der Waals surface area contributed by atoms with E-state index in [1.54, 1.807) is 0 Å². The first-order valence-corrected chi connectivity index (χ1v) is 3.61. The molecule has 58 valence electrons. The predicted molar refractivity (Wildman–Crippen MR) is 44.4 cm³/mol. The van der Waals surface area contributed by atoms with Gasteiger partial charge in [0.05, 0.1) is 0 Å². The third-order valence-electron chi connectivity index (χ3n) is 1.78. The minimum absolute atomic E-state index is 0.665. The van der Waals surface area contributed by atoms with Gasteiger partial charge in [0.25, 0.3) is 0 Å². The zero-order chi connectivity index (χ0) is 7.68. The summed E-state index contributed by atoms with van der Waals surface area (Å²) in [4.78, 5) is 4.11. The fourth-order valence-electron chi connectivity index (χ4n) is 1.24. The molecule has 2 rings (SSSR count). The fourth-order valence-corrected chi connectivity index (χ4v) is 1.24. The van der Waals surface area contributed by atoms with Crippen molar-refractivity contribution < 1.29 is 0 Å². The molecule has 2 aliphatic rings. The van der Waals surface area contributed by atoms with E-state index in [0.717, 1.165) is 12.2 Å². The first-order chi connectivity index (χ1) is 5.38. The Balaban J connectivity index is 2.31. The van der Waals surface area contributed by atoms with E-state index in [0.29, 0.717) is 6.67 Å². The highest BCUT2D eigenvalue weighted by atomic mass is 15.5. The molecule has 0 aromatic carbocycles. The van der Waals surface area contributed by atoms with Gasteiger partial charge in [0.2, 0.25) is 0 Å². The van der Waals surface area contributed by atoms with Gasteiger partial charge >= 0.3 is 0 Å². The Labute approximate surface area is 65.3 Å². The van der Waals surface area contributed by atoms with E-state index in [1.807, 2.05) is 24.5 Å². The molecule has 0 aliphatic carbocycles. The number of rotatable bonds is 0. The Morgan fingerprint density at radius 1 is 1.64 bits per heavy atom.